The number of para-hydroxylation sites is 2. The van der Waals surface area contributed by atoms with Crippen molar-refractivity contribution in [3.05, 3.63) is 168 Å². The first-order valence-electron chi connectivity index (χ1n) is 24.7. The van der Waals surface area contributed by atoms with Crippen LogP contribution >= 0.6 is 0 Å². The number of rotatable bonds is 9. The van der Waals surface area contributed by atoms with Crippen molar-refractivity contribution >= 4 is 46.2 Å². The van der Waals surface area contributed by atoms with E-state index in [1.54, 1.807) is 0 Å². The van der Waals surface area contributed by atoms with Gasteiger partial charge in [-0.15, -0.1) is 59.7 Å². The summed E-state index contributed by atoms with van der Waals surface area (Å²) in [4.78, 5) is 10.0. The minimum absolute atomic E-state index is 0. The van der Waals surface area contributed by atoms with Crippen molar-refractivity contribution in [2.75, 3.05) is 0 Å². The molecule has 6 aromatic carbocycles. The predicted octanol–water partition coefficient (Wildman–Crippen LogP) is 17.0. The van der Waals surface area contributed by atoms with E-state index in [9.17, 15) is 0 Å². The van der Waals surface area contributed by atoms with Crippen LogP contribution in [0, 0.1) is 17.5 Å². The van der Waals surface area contributed by atoms with Gasteiger partial charge in [0.15, 0.2) is 0 Å². The third-order valence-corrected chi connectivity index (χ3v) is 15.6. The van der Waals surface area contributed by atoms with E-state index in [0.717, 1.165) is 56.7 Å². The summed E-state index contributed by atoms with van der Waals surface area (Å²) in [6.45, 7) is 23.3. The molecule has 1 aliphatic rings. The number of hydrogen-bond acceptors (Lipinski definition) is 3. The molecule has 3 aromatic heterocycles. The van der Waals surface area contributed by atoms with Crippen molar-refractivity contribution in [3.8, 4) is 39.5 Å². The first kappa shape index (κ1) is 49.0. The molecule has 6 heteroatoms. The number of benzene rings is 6. The van der Waals surface area contributed by atoms with E-state index in [0.29, 0.717) is 17.8 Å². The molecule has 1 radical (unpaired) electrons. The normalized spacial score (nSPS) is 13.6. The Labute approximate surface area is 420 Å². The zero-order chi connectivity index (χ0) is 47.0. The second kappa shape index (κ2) is 20.3. The molecule has 4 nitrogen and oxygen atoms in total. The van der Waals surface area contributed by atoms with Gasteiger partial charge in [0.25, 0.3) is 0 Å². The summed E-state index contributed by atoms with van der Waals surface area (Å²) in [5, 5.41) is 3.80. The minimum atomic E-state index is -1.37. The molecule has 1 aliphatic carbocycles. The second-order valence-electron chi connectivity index (χ2n) is 21.7. The van der Waals surface area contributed by atoms with Crippen molar-refractivity contribution < 1.29 is 24.5 Å². The molecule has 1 saturated carbocycles. The van der Waals surface area contributed by atoms with Crippen LogP contribution < -0.4 is 5.19 Å². The van der Waals surface area contributed by atoms with Crippen molar-refractivity contribution in [3.63, 3.8) is 0 Å². The van der Waals surface area contributed by atoms with Gasteiger partial charge < -0.3 is 14.0 Å². The van der Waals surface area contributed by atoms with Gasteiger partial charge in [-0.25, -0.2) is 0 Å². The zero-order valence-corrected chi connectivity index (χ0v) is 45.2. The summed E-state index contributed by atoms with van der Waals surface area (Å²) < 4.78 is 8.76. The van der Waals surface area contributed by atoms with E-state index in [4.69, 9.17) is 14.4 Å². The molecule has 1 fully saturated rings. The number of aromatic nitrogens is 3. The summed E-state index contributed by atoms with van der Waals surface area (Å²) in [5.74, 6) is 2.18. The molecule has 68 heavy (non-hydrogen) atoms. The summed E-state index contributed by atoms with van der Waals surface area (Å²) in [6, 6.07) is 52.4. The minimum Gasteiger partial charge on any atom is -0.500 e. The molecule has 10 rings (SSSR count). The maximum Gasteiger partial charge on any atom is 0.120 e. The Hall–Kier alpha value is -5.39. The van der Waals surface area contributed by atoms with Gasteiger partial charge in [0.05, 0.1) is 30.5 Å². The number of imidazole rings is 1. The third kappa shape index (κ3) is 10.4. The van der Waals surface area contributed by atoms with Gasteiger partial charge in [0, 0.05) is 37.4 Å². The molecule has 9 aromatic rings. The van der Waals surface area contributed by atoms with Gasteiger partial charge >= 0.3 is 0 Å². The Balaban J connectivity index is 0.000000240. The molecular weight excluding hydrogens is 1020 g/mol. The van der Waals surface area contributed by atoms with Crippen molar-refractivity contribution in [2.45, 2.75) is 124 Å². The average molecular weight is 1090 g/mol. The molecule has 0 spiro atoms. The van der Waals surface area contributed by atoms with E-state index in [2.05, 4.69) is 194 Å². The Morgan fingerprint density at radius 2 is 1.38 bits per heavy atom. The van der Waals surface area contributed by atoms with Crippen LogP contribution in [-0.4, -0.2) is 22.6 Å². The number of pyridine rings is 1. The molecule has 0 N–H and O–H groups in total. The van der Waals surface area contributed by atoms with Crippen LogP contribution in [0.5, 0.6) is 0 Å². The van der Waals surface area contributed by atoms with Crippen LogP contribution in [-0.2, 0) is 26.5 Å². The zero-order valence-electron chi connectivity index (χ0n) is 41.8. The van der Waals surface area contributed by atoms with Gasteiger partial charge in [-0.05, 0) is 118 Å². The summed E-state index contributed by atoms with van der Waals surface area (Å²) in [7, 11) is -1.37. The topological polar surface area (TPSA) is 43.9 Å². The fourth-order valence-corrected chi connectivity index (χ4v) is 11.8. The fourth-order valence-electron chi connectivity index (χ4n) is 10.2. The molecule has 3 heterocycles. The Morgan fingerprint density at radius 3 is 2.04 bits per heavy atom. The summed E-state index contributed by atoms with van der Waals surface area (Å²) >= 11 is 0. The summed E-state index contributed by atoms with van der Waals surface area (Å²) in [5.41, 5.74) is 16.6. The number of furan rings is 1. The largest absolute Gasteiger partial charge is 0.500 e. The molecule has 0 bridgehead atoms. The van der Waals surface area contributed by atoms with Gasteiger partial charge in [0.1, 0.15) is 5.58 Å². The first-order valence-corrected chi connectivity index (χ1v) is 28.2. The van der Waals surface area contributed by atoms with Gasteiger partial charge in [-0.3, -0.25) is 4.98 Å². The van der Waals surface area contributed by atoms with Crippen LogP contribution in [0.15, 0.2) is 138 Å². The Bertz CT molecular complexity index is 3130. The van der Waals surface area contributed by atoms with E-state index in [1.165, 1.54) is 81.7 Å². The molecular formula is C62H67IrN3OSi-2. The van der Waals surface area contributed by atoms with Crippen LogP contribution in [0.4, 0.5) is 0 Å². The number of fused-ring (bicyclic) bond motifs is 4. The molecule has 0 saturated heterocycles. The van der Waals surface area contributed by atoms with Crippen LogP contribution in [0.25, 0.3) is 72.4 Å². The molecule has 0 atom stereocenters. The monoisotopic (exact) mass is 1090 g/mol. The number of hydrogen-bond donors (Lipinski definition) is 0. The Kier molecular flexibility index (Phi) is 14.6. The van der Waals surface area contributed by atoms with Crippen molar-refractivity contribution in [2.24, 2.45) is 5.41 Å². The fraction of sp³-hybridized carbons (Fsp3) is 0.323. The van der Waals surface area contributed by atoms with Crippen LogP contribution in [0.1, 0.15) is 121 Å². The average Bonchev–Trinajstić information content (AvgIpc) is 3.89. The standard InChI is InChI=1S/C43H41N2O.C19H26NSi.Ir/c1-27(2)34-25-33(30-15-9-6-10-16-30)26-35(28(3)4)42(34)45-39-18-12-11-17-38(39)44-43(45)32-20-22-41-37(24-32)36-23-31(19-21-40(36)46-41)29-13-7-5-8-14-29;1-19(2,3)13-16-12-17(15-10-8-7-9-11-15)20-14-18(16)21(4,5)6;/h6,9-12,15-19,21-29H,5,7-8,13-14H2,1-4H3;7-10,12,14H,13H2,1-6H3;/q2*-1;. The molecule has 0 aliphatic heterocycles. The van der Waals surface area contributed by atoms with Crippen LogP contribution in [0.3, 0.4) is 0 Å². The quantitative estimate of drug-likeness (QED) is 0.107. The van der Waals surface area contributed by atoms with Gasteiger partial charge in [0.2, 0.25) is 0 Å². The number of nitrogens with zero attached hydrogens (tertiary/aromatic N) is 3. The van der Waals surface area contributed by atoms with Gasteiger partial charge in [-0.2, -0.15) is 0 Å². The van der Waals surface area contributed by atoms with Crippen LogP contribution in [0.2, 0.25) is 19.6 Å². The third-order valence-electron chi connectivity index (χ3n) is 13.6. The summed E-state index contributed by atoms with van der Waals surface area (Å²) in [6.07, 6.45) is 9.78. The van der Waals surface area contributed by atoms with E-state index < -0.39 is 8.07 Å². The van der Waals surface area contributed by atoms with Crippen molar-refractivity contribution in [1.82, 2.24) is 14.5 Å². The van der Waals surface area contributed by atoms with Gasteiger partial charge in [-0.1, -0.05) is 153 Å². The first-order chi connectivity index (χ1) is 32.1. The predicted molar refractivity (Wildman–Crippen MR) is 287 cm³/mol. The maximum atomic E-state index is 6.36. The van der Waals surface area contributed by atoms with Crippen molar-refractivity contribution in [1.29, 1.82) is 0 Å². The van der Waals surface area contributed by atoms with E-state index in [1.807, 2.05) is 24.3 Å². The SMILES string of the molecule is CC(C)(C)Cc1cc(-c2[c-]cccc2)ncc1[Si](C)(C)C.CC(C)c1cc(-c2ccccc2)cc(C(C)C)c1-n1c(-c2[c-]cc3oc4ccc(C5CCCCC5)cc4c3c2)nc2ccccc21.[Ir]. The smallest absolute Gasteiger partial charge is 0.120 e. The molecule has 351 valence electrons. The molecule has 0 unspecified atom stereocenters. The Morgan fingerprint density at radius 1 is 0.706 bits per heavy atom. The van der Waals surface area contributed by atoms with E-state index >= 15 is 0 Å². The second-order valence-corrected chi connectivity index (χ2v) is 26.8. The maximum absolute atomic E-state index is 6.36. The van der Waals surface area contributed by atoms with E-state index in [-0.39, 0.29) is 25.5 Å². The molecule has 0 amide bonds.